The van der Waals surface area contributed by atoms with Gasteiger partial charge in [-0.2, -0.15) is 0 Å². The first-order valence-electron chi connectivity index (χ1n) is 8.55. The molecular weight excluding hydrogens is 294 g/mol. The van der Waals surface area contributed by atoms with Crippen molar-refractivity contribution in [1.82, 2.24) is 15.2 Å². The molecule has 22 heavy (non-hydrogen) atoms. The summed E-state index contributed by atoms with van der Waals surface area (Å²) in [4.78, 5) is 20.4. The predicted molar refractivity (Wildman–Crippen MR) is 90.0 cm³/mol. The molecule has 1 aromatic rings. The fourth-order valence-corrected chi connectivity index (χ4v) is 4.93. The molecule has 1 aromatic heterocycles. The molecule has 3 heterocycles. The summed E-state index contributed by atoms with van der Waals surface area (Å²) in [6.45, 7) is 8.17. The van der Waals surface area contributed by atoms with Crippen LogP contribution in [0.3, 0.4) is 0 Å². The third kappa shape index (κ3) is 3.35. The van der Waals surface area contributed by atoms with E-state index in [1.807, 2.05) is 0 Å². The molecule has 1 amide bonds. The highest BCUT2D eigenvalue weighted by Gasteiger charge is 2.39. The number of nitrogens with zero attached hydrogens (tertiary/aromatic N) is 2. The molecule has 0 radical (unpaired) electrons. The SMILES string of the molecule is CCCc1nc(C)c(CN2CC3(CCNCC3)CCC2=O)s1. The van der Waals surface area contributed by atoms with Crippen molar-refractivity contribution in [2.24, 2.45) is 5.41 Å². The first-order valence-corrected chi connectivity index (χ1v) is 9.37. The highest BCUT2D eigenvalue weighted by atomic mass is 32.1. The molecule has 122 valence electrons. The average Bonchev–Trinajstić information content (AvgIpc) is 2.84. The van der Waals surface area contributed by atoms with Crippen LogP contribution in [0.1, 0.15) is 54.6 Å². The number of aryl methyl sites for hydroxylation is 2. The summed E-state index contributed by atoms with van der Waals surface area (Å²) < 4.78 is 0. The number of thiazole rings is 1. The van der Waals surface area contributed by atoms with Gasteiger partial charge in [0.1, 0.15) is 0 Å². The Balaban J connectivity index is 1.71. The van der Waals surface area contributed by atoms with E-state index in [9.17, 15) is 4.79 Å². The second-order valence-electron chi connectivity index (χ2n) is 6.87. The maximum absolute atomic E-state index is 12.4. The third-order valence-electron chi connectivity index (χ3n) is 5.15. The Morgan fingerprint density at radius 1 is 1.32 bits per heavy atom. The van der Waals surface area contributed by atoms with Gasteiger partial charge in [0.15, 0.2) is 0 Å². The van der Waals surface area contributed by atoms with Gasteiger partial charge in [0.2, 0.25) is 5.91 Å². The van der Waals surface area contributed by atoms with Crippen LogP contribution in [0.2, 0.25) is 0 Å². The predicted octanol–water partition coefficient (Wildman–Crippen LogP) is 2.90. The molecule has 0 atom stereocenters. The lowest BCUT2D eigenvalue weighted by Gasteiger charge is -2.45. The van der Waals surface area contributed by atoms with Crippen molar-refractivity contribution in [2.75, 3.05) is 19.6 Å². The average molecular weight is 321 g/mol. The van der Waals surface area contributed by atoms with Crippen molar-refractivity contribution < 1.29 is 4.79 Å². The van der Waals surface area contributed by atoms with E-state index in [0.29, 0.717) is 11.3 Å². The van der Waals surface area contributed by atoms with Crippen molar-refractivity contribution in [2.45, 2.75) is 58.9 Å². The number of carbonyl (C=O) groups is 1. The zero-order chi connectivity index (χ0) is 15.6. The molecule has 2 aliphatic heterocycles. The van der Waals surface area contributed by atoms with Crippen LogP contribution in [0.25, 0.3) is 0 Å². The lowest BCUT2D eigenvalue weighted by Crippen LogP contribution is -2.50. The molecule has 3 rings (SSSR count). The number of carbonyl (C=O) groups excluding carboxylic acids is 1. The van der Waals surface area contributed by atoms with Gasteiger partial charge < -0.3 is 10.2 Å². The number of likely N-dealkylation sites (tertiary alicyclic amines) is 1. The summed E-state index contributed by atoms with van der Waals surface area (Å²) in [5, 5.41) is 4.67. The summed E-state index contributed by atoms with van der Waals surface area (Å²) in [6.07, 6.45) is 6.39. The molecule has 2 saturated heterocycles. The fourth-order valence-electron chi connectivity index (χ4n) is 3.74. The van der Waals surface area contributed by atoms with Gasteiger partial charge in [-0.05, 0) is 57.5 Å². The van der Waals surface area contributed by atoms with Gasteiger partial charge in [-0.3, -0.25) is 4.79 Å². The first-order chi connectivity index (χ1) is 10.6. The summed E-state index contributed by atoms with van der Waals surface area (Å²) in [5.74, 6) is 0.328. The minimum atomic E-state index is 0.328. The van der Waals surface area contributed by atoms with Gasteiger partial charge in [0, 0.05) is 17.8 Å². The Bertz CT molecular complexity index is 534. The van der Waals surface area contributed by atoms with Crippen LogP contribution in [0.15, 0.2) is 0 Å². The van der Waals surface area contributed by atoms with E-state index in [2.05, 4.69) is 29.0 Å². The number of hydrogen-bond donors (Lipinski definition) is 1. The maximum Gasteiger partial charge on any atom is 0.222 e. The van der Waals surface area contributed by atoms with Crippen molar-refractivity contribution in [1.29, 1.82) is 0 Å². The number of amides is 1. The van der Waals surface area contributed by atoms with E-state index in [-0.39, 0.29) is 0 Å². The zero-order valence-corrected chi connectivity index (χ0v) is 14.6. The first kappa shape index (κ1) is 15.9. The maximum atomic E-state index is 12.4. The zero-order valence-electron chi connectivity index (χ0n) is 13.8. The lowest BCUT2D eigenvalue weighted by atomic mass is 9.73. The quantitative estimate of drug-likeness (QED) is 0.927. The van der Waals surface area contributed by atoms with E-state index in [1.54, 1.807) is 11.3 Å². The van der Waals surface area contributed by atoms with Gasteiger partial charge in [0.25, 0.3) is 0 Å². The van der Waals surface area contributed by atoms with Crippen LogP contribution in [0.5, 0.6) is 0 Å². The second-order valence-corrected chi connectivity index (χ2v) is 8.03. The van der Waals surface area contributed by atoms with Crippen LogP contribution < -0.4 is 5.32 Å². The highest BCUT2D eigenvalue weighted by Crippen LogP contribution is 2.39. The summed E-state index contributed by atoms with van der Waals surface area (Å²) in [5.41, 5.74) is 1.48. The number of piperidine rings is 2. The van der Waals surface area contributed by atoms with E-state index in [4.69, 9.17) is 0 Å². The van der Waals surface area contributed by atoms with Crippen molar-refractivity contribution in [3.8, 4) is 0 Å². The van der Waals surface area contributed by atoms with Gasteiger partial charge >= 0.3 is 0 Å². The number of aromatic nitrogens is 1. The number of nitrogens with one attached hydrogen (secondary N) is 1. The van der Waals surface area contributed by atoms with Crippen molar-refractivity contribution in [3.05, 3.63) is 15.6 Å². The number of rotatable bonds is 4. The van der Waals surface area contributed by atoms with E-state index in [0.717, 1.165) is 57.6 Å². The normalized spacial score (nSPS) is 21.5. The van der Waals surface area contributed by atoms with E-state index < -0.39 is 0 Å². The van der Waals surface area contributed by atoms with Gasteiger partial charge in [-0.1, -0.05) is 6.92 Å². The standard InChI is InChI=1S/C17H27N3OS/c1-3-4-15-19-13(2)14(22-15)11-20-12-17(6-5-16(20)21)7-9-18-10-8-17/h18H,3-12H2,1-2H3. The molecular formula is C17H27N3OS. The molecule has 1 spiro atoms. The fraction of sp³-hybridized carbons (Fsp3) is 0.765. The molecule has 0 saturated carbocycles. The molecule has 2 aliphatic rings. The summed E-state index contributed by atoms with van der Waals surface area (Å²) >= 11 is 1.80. The van der Waals surface area contributed by atoms with Crippen LogP contribution in [-0.2, 0) is 17.8 Å². The van der Waals surface area contributed by atoms with Gasteiger partial charge in [-0.25, -0.2) is 4.98 Å². The largest absolute Gasteiger partial charge is 0.337 e. The van der Waals surface area contributed by atoms with Crippen LogP contribution in [-0.4, -0.2) is 35.4 Å². The van der Waals surface area contributed by atoms with Crippen molar-refractivity contribution >= 4 is 17.2 Å². The molecule has 0 aliphatic carbocycles. The lowest BCUT2D eigenvalue weighted by molar-refractivity contribution is -0.139. The monoisotopic (exact) mass is 321 g/mol. The minimum Gasteiger partial charge on any atom is -0.337 e. The molecule has 0 aromatic carbocycles. The molecule has 0 bridgehead atoms. The number of hydrogen-bond acceptors (Lipinski definition) is 4. The Morgan fingerprint density at radius 3 is 2.82 bits per heavy atom. The topological polar surface area (TPSA) is 45.2 Å². The summed E-state index contributed by atoms with van der Waals surface area (Å²) in [6, 6.07) is 0. The Hall–Kier alpha value is -0.940. The Morgan fingerprint density at radius 2 is 2.09 bits per heavy atom. The Kier molecular flexibility index (Phi) is 4.83. The van der Waals surface area contributed by atoms with E-state index in [1.165, 1.54) is 22.7 Å². The molecule has 1 N–H and O–H groups in total. The minimum absolute atomic E-state index is 0.328. The van der Waals surface area contributed by atoms with Crippen molar-refractivity contribution in [3.63, 3.8) is 0 Å². The molecule has 4 nitrogen and oxygen atoms in total. The molecule has 2 fully saturated rings. The Labute approximate surface area is 137 Å². The van der Waals surface area contributed by atoms with Crippen LogP contribution in [0.4, 0.5) is 0 Å². The van der Waals surface area contributed by atoms with Crippen LogP contribution >= 0.6 is 11.3 Å². The van der Waals surface area contributed by atoms with Crippen LogP contribution in [0, 0.1) is 12.3 Å². The summed E-state index contributed by atoms with van der Waals surface area (Å²) in [7, 11) is 0. The molecule has 0 unspecified atom stereocenters. The molecule has 5 heteroatoms. The van der Waals surface area contributed by atoms with E-state index >= 15 is 0 Å². The third-order valence-corrected chi connectivity index (χ3v) is 6.35. The van der Waals surface area contributed by atoms with Gasteiger partial charge in [-0.15, -0.1) is 11.3 Å². The van der Waals surface area contributed by atoms with Gasteiger partial charge in [0.05, 0.1) is 17.2 Å². The second kappa shape index (κ2) is 6.67. The smallest absolute Gasteiger partial charge is 0.222 e. The highest BCUT2D eigenvalue weighted by molar-refractivity contribution is 7.11.